The number of nitrogens with zero attached hydrogens (tertiary/aromatic N) is 3. The second-order valence-electron chi connectivity index (χ2n) is 4.03. The van der Waals surface area contributed by atoms with E-state index in [4.69, 9.17) is 5.26 Å². The summed E-state index contributed by atoms with van der Waals surface area (Å²) < 4.78 is 37.0. The molecule has 0 spiro atoms. The molecule has 0 atom stereocenters. The first-order valence-corrected chi connectivity index (χ1v) is 5.81. The van der Waals surface area contributed by atoms with Gasteiger partial charge in [0.05, 0.1) is 23.4 Å². The molecule has 0 fully saturated rings. The second kappa shape index (κ2) is 6.05. The maximum Gasteiger partial charge on any atom is 0.417 e. The van der Waals surface area contributed by atoms with Gasteiger partial charge in [-0.05, 0) is 29.8 Å². The van der Waals surface area contributed by atoms with E-state index in [0.29, 0.717) is 5.56 Å². The zero-order valence-corrected chi connectivity index (χ0v) is 10.6. The number of rotatable bonds is 3. The average molecular weight is 290 g/mol. The molecule has 2 rings (SSSR count). The number of hydrogen-bond acceptors (Lipinski definition) is 4. The van der Waals surface area contributed by atoms with Gasteiger partial charge in [0.15, 0.2) is 0 Å². The van der Waals surface area contributed by atoms with Crippen LogP contribution >= 0.6 is 0 Å². The average Bonchev–Trinajstić information content (AvgIpc) is 2.47. The first kappa shape index (κ1) is 14.5. The maximum atomic E-state index is 12.3. The topological polar surface area (TPSA) is 61.1 Å². The van der Waals surface area contributed by atoms with Crippen LogP contribution in [-0.4, -0.2) is 11.2 Å². The number of alkyl halides is 3. The third-order valence-electron chi connectivity index (χ3n) is 2.52. The van der Waals surface area contributed by atoms with E-state index in [1.54, 1.807) is 24.3 Å². The molecule has 0 aliphatic rings. The number of nitrogens with one attached hydrogen (secondary N) is 1. The summed E-state index contributed by atoms with van der Waals surface area (Å²) in [5.74, 6) is 0.202. The van der Waals surface area contributed by atoms with Crippen molar-refractivity contribution in [3.63, 3.8) is 0 Å². The van der Waals surface area contributed by atoms with Gasteiger partial charge in [0.1, 0.15) is 5.82 Å². The van der Waals surface area contributed by atoms with Crippen LogP contribution in [0.4, 0.5) is 19.0 Å². The van der Waals surface area contributed by atoms with Crippen LogP contribution in [0.2, 0.25) is 0 Å². The van der Waals surface area contributed by atoms with E-state index < -0.39 is 11.7 Å². The highest BCUT2D eigenvalue weighted by Crippen LogP contribution is 2.28. The van der Waals surface area contributed by atoms with Gasteiger partial charge in [-0.3, -0.25) is 5.43 Å². The molecule has 2 aromatic rings. The lowest BCUT2D eigenvalue weighted by atomic mass is 10.2. The number of halogens is 3. The van der Waals surface area contributed by atoms with Crippen molar-refractivity contribution >= 4 is 12.0 Å². The molecule has 21 heavy (non-hydrogen) atoms. The third-order valence-corrected chi connectivity index (χ3v) is 2.52. The number of aromatic nitrogens is 1. The summed E-state index contributed by atoms with van der Waals surface area (Å²) in [7, 11) is 0. The van der Waals surface area contributed by atoms with E-state index in [0.717, 1.165) is 17.8 Å². The van der Waals surface area contributed by atoms with Crippen LogP contribution in [0.3, 0.4) is 0 Å². The van der Waals surface area contributed by atoms with Crippen molar-refractivity contribution in [2.24, 2.45) is 5.10 Å². The summed E-state index contributed by atoms with van der Waals surface area (Å²) in [6.07, 6.45) is -2.20. The highest BCUT2D eigenvalue weighted by molar-refractivity contribution is 5.80. The highest BCUT2D eigenvalue weighted by atomic mass is 19.4. The summed E-state index contributed by atoms with van der Waals surface area (Å²) in [5.41, 5.74) is 2.99. The minimum Gasteiger partial charge on any atom is -0.261 e. The van der Waals surface area contributed by atoms with Gasteiger partial charge in [0.25, 0.3) is 0 Å². The number of nitriles is 1. The number of benzene rings is 1. The van der Waals surface area contributed by atoms with Crippen LogP contribution in [0.1, 0.15) is 16.7 Å². The highest BCUT2D eigenvalue weighted by Gasteiger charge is 2.30. The van der Waals surface area contributed by atoms with Crippen molar-refractivity contribution in [3.05, 3.63) is 59.3 Å². The third kappa shape index (κ3) is 4.04. The maximum absolute atomic E-state index is 12.3. The molecule has 1 N–H and O–H groups in total. The van der Waals surface area contributed by atoms with Gasteiger partial charge in [-0.25, -0.2) is 4.98 Å². The Morgan fingerprint density at radius 2 is 1.86 bits per heavy atom. The second-order valence-corrected chi connectivity index (χ2v) is 4.03. The van der Waals surface area contributed by atoms with Crippen molar-refractivity contribution < 1.29 is 13.2 Å². The van der Waals surface area contributed by atoms with Crippen LogP contribution in [-0.2, 0) is 6.18 Å². The summed E-state index contributed by atoms with van der Waals surface area (Å²) in [6.45, 7) is 0. The van der Waals surface area contributed by atoms with Crippen molar-refractivity contribution in [3.8, 4) is 6.07 Å². The van der Waals surface area contributed by atoms with Crippen molar-refractivity contribution in [1.29, 1.82) is 5.26 Å². The molecule has 0 bridgehead atoms. The number of anilines is 1. The van der Waals surface area contributed by atoms with E-state index in [1.165, 1.54) is 12.3 Å². The molecule has 7 heteroatoms. The molecule has 0 saturated heterocycles. The van der Waals surface area contributed by atoms with Crippen LogP contribution in [0, 0.1) is 11.3 Å². The standard InChI is InChI=1S/C14H9F3N4/c15-14(16,17)12-5-6-13(19-9-12)21-20-8-11-3-1-10(7-18)2-4-11/h1-6,8-9H,(H,19,21)/b20-8+. The fraction of sp³-hybridized carbons (Fsp3) is 0.0714. The lowest BCUT2D eigenvalue weighted by Crippen LogP contribution is -2.05. The predicted octanol–water partition coefficient (Wildman–Crippen LogP) is 3.42. The first-order valence-electron chi connectivity index (χ1n) is 5.81. The monoisotopic (exact) mass is 290 g/mol. The molecular weight excluding hydrogens is 281 g/mol. The Labute approximate surface area is 118 Å². The van der Waals surface area contributed by atoms with E-state index in [1.807, 2.05) is 6.07 Å². The zero-order valence-electron chi connectivity index (χ0n) is 10.6. The molecule has 0 aliphatic heterocycles. The van der Waals surface area contributed by atoms with Crippen molar-refractivity contribution in [2.75, 3.05) is 5.43 Å². The van der Waals surface area contributed by atoms with Crippen LogP contribution in [0.25, 0.3) is 0 Å². The Balaban J connectivity index is 1.99. The van der Waals surface area contributed by atoms with Crippen molar-refractivity contribution in [1.82, 2.24) is 4.98 Å². The Bertz CT molecular complexity index is 667. The van der Waals surface area contributed by atoms with Gasteiger partial charge >= 0.3 is 6.18 Å². The van der Waals surface area contributed by atoms with Crippen LogP contribution < -0.4 is 5.43 Å². The molecule has 1 aromatic carbocycles. The van der Waals surface area contributed by atoms with Gasteiger partial charge in [-0.1, -0.05) is 12.1 Å². The molecule has 0 unspecified atom stereocenters. The number of hydrazone groups is 1. The largest absolute Gasteiger partial charge is 0.417 e. The predicted molar refractivity (Wildman–Crippen MR) is 71.6 cm³/mol. The van der Waals surface area contributed by atoms with E-state index in [9.17, 15) is 13.2 Å². The number of hydrogen-bond donors (Lipinski definition) is 1. The van der Waals surface area contributed by atoms with E-state index >= 15 is 0 Å². The van der Waals surface area contributed by atoms with Gasteiger partial charge < -0.3 is 0 Å². The fourth-order valence-electron chi connectivity index (χ4n) is 1.44. The lowest BCUT2D eigenvalue weighted by Gasteiger charge is -2.06. The Hall–Kier alpha value is -2.88. The summed E-state index contributed by atoms with van der Waals surface area (Å²) in [4.78, 5) is 3.62. The summed E-state index contributed by atoms with van der Waals surface area (Å²) in [6, 6.07) is 10.8. The van der Waals surface area contributed by atoms with Crippen molar-refractivity contribution in [2.45, 2.75) is 6.18 Å². The van der Waals surface area contributed by atoms with Gasteiger partial charge in [0.2, 0.25) is 0 Å². The molecule has 0 aliphatic carbocycles. The fourth-order valence-corrected chi connectivity index (χ4v) is 1.44. The Morgan fingerprint density at radius 3 is 2.38 bits per heavy atom. The number of pyridine rings is 1. The smallest absolute Gasteiger partial charge is 0.261 e. The minimum absolute atomic E-state index is 0.202. The summed E-state index contributed by atoms with van der Waals surface area (Å²) >= 11 is 0. The van der Waals surface area contributed by atoms with E-state index in [-0.39, 0.29) is 5.82 Å². The molecule has 1 aromatic heterocycles. The first-order chi connectivity index (χ1) is 9.99. The zero-order chi connectivity index (χ0) is 15.3. The normalized spacial score (nSPS) is 11.3. The molecule has 1 heterocycles. The molecule has 0 saturated carbocycles. The minimum atomic E-state index is -4.41. The molecule has 0 amide bonds. The Kier molecular flexibility index (Phi) is 4.18. The molecule has 0 radical (unpaired) electrons. The quantitative estimate of drug-likeness (QED) is 0.696. The van der Waals surface area contributed by atoms with Gasteiger partial charge in [-0.15, -0.1) is 0 Å². The van der Waals surface area contributed by atoms with Gasteiger partial charge in [0, 0.05) is 6.20 Å². The molecular formula is C14H9F3N4. The van der Waals surface area contributed by atoms with Gasteiger partial charge in [-0.2, -0.15) is 23.5 Å². The molecule has 4 nitrogen and oxygen atoms in total. The molecule has 106 valence electrons. The summed E-state index contributed by atoms with van der Waals surface area (Å²) in [5, 5.41) is 12.5. The lowest BCUT2D eigenvalue weighted by molar-refractivity contribution is -0.137. The Morgan fingerprint density at radius 1 is 1.14 bits per heavy atom. The van der Waals surface area contributed by atoms with Crippen LogP contribution in [0.5, 0.6) is 0 Å². The van der Waals surface area contributed by atoms with Crippen LogP contribution in [0.15, 0.2) is 47.7 Å². The SMILES string of the molecule is N#Cc1ccc(/C=N/Nc2ccc(C(F)(F)F)cn2)cc1. The van der Waals surface area contributed by atoms with E-state index in [2.05, 4.69) is 15.5 Å².